The summed E-state index contributed by atoms with van der Waals surface area (Å²) < 4.78 is 10.5. The lowest BCUT2D eigenvalue weighted by Gasteiger charge is -2.02. The van der Waals surface area contributed by atoms with Gasteiger partial charge < -0.3 is 9.26 Å². The van der Waals surface area contributed by atoms with Gasteiger partial charge in [-0.05, 0) is 17.9 Å². The molecule has 4 nitrogen and oxygen atoms in total. The van der Waals surface area contributed by atoms with Crippen LogP contribution in [0.4, 0.5) is 0 Å². The van der Waals surface area contributed by atoms with Crippen LogP contribution in [0.1, 0.15) is 39.4 Å². The standard InChI is InChI=1S/C13H22N2O2/c1-10(2)8-13-14-12(15-17-13)6-5-7-16-9-11(3)4/h5-6,10-11H,7-9H2,1-4H3. The first-order valence-electron chi connectivity index (χ1n) is 6.14. The second-order valence-electron chi connectivity index (χ2n) is 4.98. The van der Waals surface area contributed by atoms with E-state index in [1.54, 1.807) is 0 Å². The van der Waals surface area contributed by atoms with Crippen LogP contribution in [0, 0.1) is 11.8 Å². The molecule has 1 aromatic heterocycles. The molecule has 0 N–H and O–H groups in total. The van der Waals surface area contributed by atoms with Crippen LogP contribution in [-0.4, -0.2) is 23.4 Å². The van der Waals surface area contributed by atoms with Gasteiger partial charge in [0.15, 0.2) is 5.82 Å². The van der Waals surface area contributed by atoms with Gasteiger partial charge in [0.1, 0.15) is 0 Å². The van der Waals surface area contributed by atoms with Crippen LogP contribution in [-0.2, 0) is 11.2 Å². The lowest BCUT2D eigenvalue weighted by Crippen LogP contribution is -2.01. The molecule has 0 aliphatic rings. The van der Waals surface area contributed by atoms with Crippen molar-refractivity contribution in [1.29, 1.82) is 0 Å². The van der Waals surface area contributed by atoms with E-state index in [2.05, 4.69) is 37.8 Å². The Morgan fingerprint density at radius 3 is 2.65 bits per heavy atom. The third-order valence-electron chi connectivity index (χ3n) is 2.00. The molecule has 0 aliphatic carbocycles. The highest BCUT2D eigenvalue weighted by atomic mass is 16.5. The maximum absolute atomic E-state index is 5.42. The van der Waals surface area contributed by atoms with E-state index in [-0.39, 0.29) is 0 Å². The first-order valence-corrected chi connectivity index (χ1v) is 6.14. The van der Waals surface area contributed by atoms with E-state index in [1.807, 2.05) is 12.2 Å². The van der Waals surface area contributed by atoms with Crippen molar-refractivity contribution < 1.29 is 9.26 Å². The molecule has 1 aromatic rings. The number of nitrogens with zero attached hydrogens (tertiary/aromatic N) is 2. The Morgan fingerprint density at radius 1 is 1.24 bits per heavy atom. The molecule has 0 fully saturated rings. The Kier molecular flexibility index (Phi) is 5.91. The Balaban J connectivity index is 2.31. The van der Waals surface area contributed by atoms with Crippen LogP contribution in [0.2, 0.25) is 0 Å². The largest absolute Gasteiger partial charge is 0.377 e. The zero-order chi connectivity index (χ0) is 12.7. The van der Waals surface area contributed by atoms with Gasteiger partial charge in [0.05, 0.1) is 6.61 Å². The predicted molar refractivity (Wildman–Crippen MR) is 67.5 cm³/mol. The summed E-state index contributed by atoms with van der Waals surface area (Å²) in [6.45, 7) is 9.86. The van der Waals surface area contributed by atoms with E-state index in [1.165, 1.54) is 0 Å². The van der Waals surface area contributed by atoms with Crippen LogP contribution < -0.4 is 0 Å². The zero-order valence-electron chi connectivity index (χ0n) is 11.1. The minimum absolute atomic E-state index is 0.529. The van der Waals surface area contributed by atoms with Crippen LogP contribution in [0.5, 0.6) is 0 Å². The van der Waals surface area contributed by atoms with E-state index in [9.17, 15) is 0 Å². The lowest BCUT2D eigenvalue weighted by atomic mass is 10.1. The fourth-order valence-corrected chi connectivity index (χ4v) is 1.29. The third-order valence-corrected chi connectivity index (χ3v) is 2.00. The van der Waals surface area contributed by atoms with Crippen LogP contribution in [0.15, 0.2) is 10.6 Å². The summed E-state index contributed by atoms with van der Waals surface area (Å²) in [6, 6.07) is 0. The highest BCUT2D eigenvalue weighted by Gasteiger charge is 2.05. The molecule has 0 unspecified atom stereocenters. The average Bonchev–Trinajstić information content (AvgIpc) is 2.63. The van der Waals surface area contributed by atoms with Gasteiger partial charge in [-0.25, -0.2) is 0 Å². The maximum atomic E-state index is 5.42. The van der Waals surface area contributed by atoms with Crippen molar-refractivity contribution in [3.05, 3.63) is 17.8 Å². The summed E-state index contributed by atoms with van der Waals surface area (Å²) in [5, 5.41) is 3.87. The zero-order valence-corrected chi connectivity index (χ0v) is 11.1. The summed E-state index contributed by atoms with van der Waals surface area (Å²) >= 11 is 0. The average molecular weight is 238 g/mol. The maximum Gasteiger partial charge on any atom is 0.227 e. The highest BCUT2D eigenvalue weighted by Crippen LogP contribution is 2.06. The summed E-state index contributed by atoms with van der Waals surface area (Å²) in [7, 11) is 0. The number of hydrogen-bond donors (Lipinski definition) is 0. The van der Waals surface area contributed by atoms with E-state index >= 15 is 0 Å². The molecule has 0 bridgehead atoms. The van der Waals surface area contributed by atoms with Gasteiger partial charge in [-0.2, -0.15) is 4.98 Å². The van der Waals surface area contributed by atoms with Gasteiger partial charge in [0, 0.05) is 13.0 Å². The molecule has 0 radical (unpaired) electrons. The van der Waals surface area contributed by atoms with E-state index in [4.69, 9.17) is 9.26 Å². The van der Waals surface area contributed by atoms with E-state index in [0.29, 0.717) is 30.2 Å². The molecular formula is C13H22N2O2. The van der Waals surface area contributed by atoms with Crippen LogP contribution in [0.3, 0.4) is 0 Å². The summed E-state index contributed by atoms with van der Waals surface area (Å²) in [6.07, 6.45) is 4.56. The monoisotopic (exact) mass is 238 g/mol. The number of ether oxygens (including phenoxy) is 1. The minimum Gasteiger partial charge on any atom is -0.377 e. The normalized spacial score (nSPS) is 12.1. The van der Waals surface area contributed by atoms with Crippen molar-refractivity contribution in [2.75, 3.05) is 13.2 Å². The van der Waals surface area contributed by atoms with Crippen molar-refractivity contribution in [3.8, 4) is 0 Å². The molecule has 0 atom stereocenters. The smallest absolute Gasteiger partial charge is 0.227 e. The second-order valence-corrected chi connectivity index (χ2v) is 4.98. The quantitative estimate of drug-likeness (QED) is 0.685. The Labute approximate surface area is 103 Å². The second kappa shape index (κ2) is 7.22. The number of hydrogen-bond acceptors (Lipinski definition) is 4. The Morgan fingerprint density at radius 2 is 2.00 bits per heavy atom. The predicted octanol–water partition coefficient (Wildman–Crippen LogP) is 2.95. The Hall–Kier alpha value is -1.16. The van der Waals surface area contributed by atoms with E-state index in [0.717, 1.165) is 13.0 Å². The first-order chi connectivity index (χ1) is 8.08. The van der Waals surface area contributed by atoms with Crippen molar-refractivity contribution in [2.45, 2.75) is 34.1 Å². The Bertz CT molecular complexity index is 343. The van der Waals surface area contributed by atoms with Crippen molar-refractivity contribution in [2.24, 2.45) is 11.8 Å². The molecule has 0 amide bonds. The molecular weight excluding hydrogens is 216 g/mol. The van der Waals surface area contributed by atoms with Gasteiger partial charge in [0.2, 0.25) is 5.89 Å². The van der Waals surface area contributed by atoms with Gasteiger partial charge >= 0.3 is 0 Å². The molecule has 0 aromatic carbocycles. The molecule has 17 heavy (non-hydrogen) atoms. The molecule has 1 heterocycles. The summed E-state index contributed by atoms with van der Waals surface area (Å²) in [5.74, 6) is 2.41. The minimum atomic E-state index is 0.529. The van der Waals surface area contributed by atoms with Gasteiger partial charge in [-0.15, -0.1) is 0 Å². The summed E-state index contributed by atoms with van der Waals surface area (Å²) in [5.41, 5.74) is 0. The first kappa shape index (κ1) is 13.9. The van der Waals surface area contributed by atoms with Gasteiger partial charge in [-0.1, -0.05) is 38.9 Å². The van der Waals surface area contributed by atoms with E-state index < -0.39 is 0 Å². The van der Waals surface area contributed by atoms with Crippen LogP contribution in [0.25, 0.3) is 6.08 Å². The fourth-order valence-electron chi connectivity index (χ4n) is 1.29. The van der Waals surface area contributed by atoms with Gasteiger partial charge in [-0.3, -0.25) is 0 Å². The molecule has 0 spiro atoms. The molecule has 1 rings (SSSR count). The third kappa shape index (κ3) is 6.22. The molecule has 0 aliphatic heterocycles. The van der Waals surface area contributed by atoms with Crippen molar-refractivity contribution in [1.82, 2.24) is 10.1 Å². The molecule has 0 saturated heterocycles. The van der Waals surface area contributed by atoms with Crippen molar-refractivity contribution in [3.63, 3.8) is 0 Å². The van der Waals surface area contributed by atoms with Gasteiger partial charge in [0.25, 0.3) is 0 Å². The van der Waals surface area contributed by atoms with Crippen molar-refractivity contribution >= 4 is 6.08 Å². The molecule has 4 heteroatoms. The molecule has 0 saturated carbocycles. The summed E-state index contributed by atoms with van der Waals surface area (Å²) in [4.78, 5) is 4.26. The van der Waals surface area contributed by atoms with Crippen LogP contribution >= 0.6 is 0 Å². The topological polar surface area (TPSA) is 48.2 Å². The lowest BCUT2D eigenvalue weighted by molar-refractivity contribution is 0.135. The highest BCUT2D eigenvalue weighted by molar-refractivity contribution is 5.38. The molecule has 96 valence electrons. The fraction of sp³-hybridized carbons (Fsp3) is 0.692. The number of aromatic nitrogens is 2. The number of rotatable bonds is 7. The SMILES string of the molecule is CC(C)COCC=Cc1noc(CC(C)C)n1.